The van der Waals surface area contributed by atoms with E-state index < -0.39 is 6.10 Å². The van der Waals surface area contributed by atoms with Crippen molar-refractivity contribution in [2.45, 2.75) is 20.0 Å². The van der Waals surface area contributed by atoms with Crippen LogP contribution >= 0.6 is 15.9 Å². The molecule has 0 aliphatic heterocycles. The summed E-state index contributed by atoms with van der Waals surface area (Å²) in [6, 6.07) is 25.4. The Kier molecular flexibility index (Phi) is 7.00. The van der Waals surface area contributed by atoms with Crippen LogP contribution in [0.15, 0.2) is 94.6 Å². The number of hydrogen-bond acceptors (Lipinski definition) is 4. The Morgan fingerprint density at radius 1 is 1.06 bits per heavy atom. The molecule has 1 N–H and O–H groups in total. The number of hydrogen-bond donors (Lipinski definition) is 1. The topological polar surface area (TPSA) is 68.5 Å². The molecule has 1 amide bonds. The summed E-state index contributed by atoms with van der Waals surface area (Å²) >= 11 is 3.42. The molecule has 33 heavy (non-hydrogen) atoms. The van der Waals surface area contributed by atoms with Gasteiger partial charge in [-0.1, -0.05) is 60.2 Å². The zero-order valence-electron chi connectivity index (χ0n) is 18.3. The van der Waals surface area contributed by atoms with Crippen LogP contribution in [-0.4, -0.2) is 28.0 Å². The third-order valence-electron chi connectivity index (χ3n) is 4.98. The average molecular weight is 503 g/mol. The summed E-state index contributed by atoms with van der Waals surface area (Å²) < 4.78 is 8.31. The molecule has 0 aliphatic rings. The van der Waals surface area contributed by atoms with Crippen molar-refractivity contribution < 1.29 is 9.53 Å². The highest BCUT2D eigenvalue weighted by atomic mass is 79.9. The van der Waals surface area contributed by atoms with Gasteiger partial charge in [0.05, 0.1) is 16.4 Å². The van der Waals surface area contributed by atoms with E-state index >= 15 is 0 Å². The van der Waals surface area contributed by atoms with E-state index in [1.807, 2.05) is 85.9 Å². The van der Waals surface area contributed by atoms with Crippen LogP contribution in [0.5, 0.6) is 5.75 Å². The summed E-state index contributed by atoms with van der Waals surface area (Å²) in [5, 5.41) is 8.93. The molecule has 0 bridgehead atoms. The van der Waals surface area contributed by atoms with Crippen molar-refractivity contribution in [3.05, 3.63) is 101 Å². The maximum absolute atomic E-state index is 12.5. The van der Waals surface area contributed by atoms with Gasteiger partial charge >= 0.3 is 0 Å². The molecule has 4 rings (SSSR count). The highest BCUT2D eigenvalue weighted by Gasteiger charge is 2.16. The van der Waals surface area contributed by atoms with Gasteiger partial charge in [-0.25, -0.2) is 10.1 Å². The van der Waals surface area contributed by atoms with E-state index in [-0.39, 0.29) is 5.91 Å². The molecular weight excluding hydrogens is 480 g/mol. The lowest BCUT2D eigenvalue weighted by Crippen LogP contribution is -2.33. The number of halogens is 1. The van der Waals surface area contributed by atoms with Gasteiger partial charge < -0.3 is 4.74 Å². The first-order valence-corrected chi connectivity index (χ1v) is 11.3. The summed E-state index contributed by atoms with van der Waals surface area (Å²) in [5.41, 5.74) is 7.18. The molecule has 0 saturated heterocycles. The molecular formula is C26H23BrN4O2. The highest BCUT2D eigenvalue weighted by molar-refractivity contribution is 9.10. The first kappa shape index (κ1) is 22.5. The summed E-state index contributed by atoms with van der Waals surface area (Å²) in [6.45, 7) is 3.72. The van der Waals surface area contributed by atoms with E-state index in [2.05, 4.69) is 26.5 Å². The van der Waals surface area contributed by atoms with Crippen LogP contribution < -0.4 is 10.2 Å². The van der Waals surface area contributed by atoms with Crippen LogP contribution in [0.4, 0.5) is 0 Å². The molecule has 6 nitrogen and oxygen atoms in total. The number of nitrogens with zero attached hydrogens (tertiary/aromatic N) is 3. The van der Waals surface area contributed by atoms with E-state index in [1.54, 1.807) is 23.9 Å². The minimum atomic E-state index is -0.718. The monoisotopic (exact) mass is 502 g/mol. The third kappa shape index (κ3) is 5.56. The fourth-order valence-corrected chi connectivity index (χ4v) is 3.55. The van der Waals surface area contributed by atoms with Crippen LogP contribution in [-0.2, 0) is 4.79 Å². The molecule has 0 aliphatic carbocycles. The molecule has 3 aromatic carbocycles. The molecule has 166 valence electrons. The fourth-order valence-electron chi connectivity index (χ4n) is 3.17. The first-order chi connectivity index (χ1) is 16.0. The Morgan fingerprint density at radius 2 is 1.76 bits per heavy atom. The van der Waals surface area contributed by atoms with Crippen LogP contribution in [0.3, 0.4) is 0 Å². The zero-order chi connectivity index (χ0) is 23.2. The van der Waals surface area contributed by atoms with Crippen molar-refractivity contribution in [2.24, 2.45) is 5.10 Å². The SMILES string of the molecule is Cc1ccc(-c2nn(-c3ccccc3)cc2/C=N/NC(=O)C(C)Oc2ccccc2Br)cc1. The average Bonchev–Trinajstić information content (AvgIpc) is 3.25. The number of benzene rings is 3. The molecule has 7 heteroatoms. The van der Waals surface area contributed by atoms with E-state index in [0.29, 0.717) is 5.75 Å². The number of rotatable bonds is 7. The first-order valence-electron chi connectivity index (χ1n) is 10.5. The highest BCUT2D eigenvalue weighted by Crippen LogP contribution is 2.25. The van der Waals surface area contributed by atoms with Crippen molar-refractivity contribution in [1.82, 2.24) is 15.2 Å². The third-order valence-corrected chi connectivity index (χ3v) is 5.63. The van der Waals surface area contributed by atoms with E-state index in [4.69, 9.17) is 9.84 Å². The Bertz CT molecular complexity index is 1270. The predicted molar refractivity (Wildman–Crippen MR) is 134 cm³/mol. The standard InChI is InChI=1S/C26H23BrN4O2/c1-18-12-14-20(15-13-18)25-21(17-31(30-25)22-8-4-3-5-9-22)16-28-29-26(32)19(2)33-24-11-7-6-10-23(24)27/h3-17,19H,1-2H3,(H,29,32)/b28-16+. The Morgan fingerprint density at radius 3 is 2.48 bits per heavy atom. The number of nitrogens with one attached hydrogen (secondary N) is 1. The predicted octanol–water partition coefficient (Wildman–Crippen LogP) is 5.53. The lowest BCUT2D eigenvalue weighted by Gasteiger charge is -2.13. The van der Waals surface area contributed by atoms with Crippen molar-refractivity contribution in [2.75, 3.05) is 0 Å². The second-order valence-electron chi connectivity index (χ2n) is 7.50. The summed E-state index contributed by atoms with van der Waals surface area (Å²) in [4.78, 5) is 12.5. The van der Waals surface area contributed by atoms with Gasteiger partial charge in [0.25, 0.3) is 5.91 Å². The zero-order valence-corrected chi connectivity index (χ0v) is 19.9. The quantitative estimate of drug-likeness (QED) is 0.267. The van der Waals surface area contributed by atoms with Gasteiger partial charge in [0.15, 0.2) is 6.10 Å². The van der Waals surface area contributed by atoms with Crippen LogP contribution in [0, 0.1) is 6.92 Å². The maximum Gasteiger partial charge on any atom is 0.280 e. The van der Waals surface area contributed by atoms with Crippen molar-refractivity contribution in [3.63, 3.8) is 0 Å². The van der Waals surface area contributed by atoms with Gasteiger partial charge in [0.1, 0.15) is 11.4 Å². The van der Waals surface area contributed by atoms with Crippen LogP contribution in [0.1, 0.15) is 18.1 Å². The lowest BCUT2D eigenvalue weighted by molar-refractivity contribution is -0.127. The number of para-hydroxylation sites is 2. The van der Waals surface area contributed by atoms with Gasteiger partial charge in [-0.15, -0.1) is 0 Å². The number of aromatic nitrogens is 2. The smallest absolute Gasteiger partial charge is 0.280 e. The van der Waals surface area contributed by atoms with Crippen LogP contribution in [0.2, 0.25) is 0 Å². The number of carbonyl (C=O) groups excluding carboxylic acids is 1. The Labute approximate surface area is 201 Å². The Hall–Kier alpha value is -3.71. The molecule has 4 aromatic rings. The number of aryl methyl sites for hydroxylation is 1. The number of amides is 1. The molecule has 1 heterocycles. The molecule has 0 saturated carbocycles. The fraction of sp³-hybridized carbons (Fsp3) is 0.115. The maximum atomic E-state index is 12.5. The van der Waals surface area contributed by atoms with Gasteiger partial charge in [-0.2, -0.15) is 10.2 Å². The van der Waals surface area contributed by atoms with Crippen LogP contribution in [0.25, 0.3) is 16.9 Å². The van der Waals surface area contributed by atoms with E-state index in [9.17, 15) is 4.79 Å². The molecule has 1 aromatic heterocycles. The van der Waals surface area contributed by atoms with E-state index in [0.717, 1.165) is 27.0 Å². The minimum Gasteiger partial charge on any atom is -0.480 e. The summed E-state index contributed by atoms with van der Waals surface area (Å²) in [7, 11) is 0. The molecule has 1 unspecified atom stereocenters. The number of ether oxygens (including phenoxy) is 1. The van der Waals surface area contributed by atoms with Crippen molar-refractivity contribution in [3.8, 4) is 22.7 Å². The molecule has 0 fully saturated rings. The van der Waals surface area contributed by atoms with Crippen molar-refractivity contribution in [1.29, 1.82) is 0 Å². The largest absolute Gasteiger partial charge is 0.480 e. The molecule has 0 radical (unpaired) electrons. The van der Waals surface area contributed by atoms with Gasteiger partial charge in [0.2, 0.25) is 0 Å². The van der Waals surface area contributed by atoms with E-state index in [1.165, 1.54) is 5.56 Å². The van der Waals surface area contributed by atoms with Gasteiger partial charge in [-0.3, -0.25) is 4.79 Å². The normalized spacial score (nSPS) is 12.0. The second kappa shape index (κ2) is 10.3. The minimum absolute atomic E-state index is 0.352. The lowest BCUT2D eigenvalue weighted by atomic mass is 10.1. The molecule has 0 spiro atoms. The Balaban J connectivity index is 1.53. The number of carbonyl (C=O) groups is 1. The van der Waals surface area contributed by atoms with Gasteiger partial charge in [-0.05, 0) is 54.0 Å². The molecule has 1 atom stereocenters. The second-order valence-corrected chi connectivity index (χ2v) is 8.36. The summed E-state index contributed by atoms with van der Waals surface area (Å²) in [5.74, 6) is 0.240. The summed E-state index contributed by atoms with van der Waals surface area (Å²) in [6.07, 6.45) is 2.77. The van der Waals surface area contributed by atoms with Crippen molar-refractivity contribution >= 4 is 28.1 Å². The number of hydrazone groups is 1. The van der Waals surface area contributed by atoms with Gasteiger partial charge in [0, 0.05) is 17.3 Å².